The Hall–Kier alpha value is -1.10. The second kappa shape index (κ2) is 6.37. The summed E-state index contributed by atoms with van der Waals surface area (Å²) in [5, 5.41) is 0. The van der Waals surface area contributed by atoms with Crippen molar-refractivity contribution in [2.45, 2.75) is 18.5 Å². The summed E-state index contributed by atoms with van der Waals surface area (Å²) >= 11 is 0. The van der Waals surface area contributed by atoms with E-state index >= 15 is 0 Å². The van der Waals surface area contributed by atoms with Crippen LogP contribution in [0.5, 0.6) is 5.75 Å². The van der Waals surface area contributed by atoms with Crippen LogP contribution in [0.3, 0.4) is 0 Å². The summed E-state index contributed by atoms with van der Waals surface area (Å²) in [5.74, 6) is 0.895. The topological polar surface area (TPSA) is 41.7 Å². The summed E-state index contributed by atoms with van der Waals surface area (Å²) in [5.41, 5.74) is 7.27. The molecule has 0 amide bonds. The predicted octanol–water partition coefficient (Wildman–Crippen LogP) is 1.33. The second-order valence-corrected chi connectivity index (χ2v) is 5.43. The Bertz CT molecular complexity index is 391. The molecule has 19 heavy (non-hydrogen) atoms. The van der Waals surface area contributed by atoms with Crippen LogP contribution in [-0.4, -0.2) is 56.7 Å². The molecule has 2 unspecified atom stereocenters. The maximum Gasteiger partial charge on any atom is 0.118 e. The number of nitrogens with zero attached hydrogens (tertiary/aromatic N) is 2. The van der Waals surface area contributed by atoms with Crippen molar-refractivity contribution in [2.24, 2.45) is 5.73 Å². The van der Waals surface area contributed by atoms with Gasteiger partial charge >= 0.3 is 0 Å². The molecule has 1 fully saturated rings. The summed E-state index contributed by atoms with van der Waals surface area (Å²) in [6.45, 7) is 2.88. The van der Waals surface area contributed by atoms with Gasteiger partial charge in [-0.2, -0.15) is 0 Å². The summed E-state index contributed by atoms with van der Waals surface area (Å²) in [6, 6.07) is 9.23. The zero-order chi connectivity index (χ0) is 13.8. The first kappa shape index (κ1) is 14.3. The van der Waals surface area contributed by atoms with E-state index < -0.39 is 0 Å². The third-order valence-electron chi connectivity index (χ3n) is 4.09. The van der Waals surface area contributed by atoms with Crippen molar-refractivity contribution < 1.29 is 4.74 Å². The van der Waals surface area contributed by atoms with Gasteiger partial charge in [-0.05, 0) is 38.2 Å². The molecular weight excluding hydrogens is 238 g/mol. The average Bonchev–Trinajstić information content (AvgIpc) is 2.90. The Morgan fingerprint density at radius 1 is 1.37 bits per heavy atom. The Morgan fingerprint density at radius 2 is 2.05 bits per heavy atom. The first-order valence-electron chi connectivity index (χ1n) is 6.90. The van der Waals surface area contributed by atoms with Gasteiger partial charge in [-0.25, -0.2) is 0 Å². The van der Waals surface area contributed by atoms with Crippen molar-refractivity contribution in [3.05, 3.63) is 29.8 Å². The lowest BCUT2D eigenvalue weighted by Gasteiger charge is -2.28. The molecule has 0 radical (unpaired) electrons. The Balaban J connectivity index is 2.07. The number of likely N-dealkylation sites (N-methyl/N-ethyl adjacent to an activating group) is 1. The number of hydrogen-bond donors (Lipinski definition) is 1. The molecule has 2 atom stereocenters. The van der Waals surface area contributed by atoms with Gasteiger partial charge < -0.3 is 15.4 Å². The third kappa shape index (κ3) is 3.26. The SMILES string of the molecule is COc1ccc(C(CN)N2CCC(N(C)C)C2)cc1. The van der Waals surface area contributed by atoms with Gasteiger partial charge in [0.05, 0.1) is 7.11 Å². The minimum Gasteiger partial charge on any atom is -0.497 e. The molecule has 1 heterocycles. The van der Waals surface area contributed by atoms with Crippen molar-refractivity contribution in [3.63, 3.8) is 0 Å². The third-order valence-corrected chi connectivity index (χ3v) is 4.09. The van der Waals surface area contributed by atoms with Crippen molar-refractivity contribution in [1.82, 2.24) is 9.80 Å². The van der Waals surface area contributed by atoms with E-state index in [1.54, 1.807) is 7.11 Å². The Morgan fingerprint density at radius 3 is 2.53 bits per heavy atom. The van der Waals surface area contributed by atoms with Crippen LogP contribution in [0.2, 0.25) is 0 Å². The van der Waals surface area contributed by atoms with E-state index in [9.17, 15) is 0 Å². The lowest BCUT2D eigenvalue weighted by Crippen LogP contribution is -2.36. The highest BCUT2D eigenvalue weighted by Gasteiger charge is 2.29. The molecule has 0 aromatic heterocycles. The van der Waals surface area contributed by atoms with Gasteiger partial charge in [-0.3, -0.25) is 4.90 Å². The zero-order valence-corrected chi connectivity index (χ0v) is 12.2. The first-order chi connectivity index (χ1) is 9.15. The molecule has 0 spiro atoms. The Kier molecular flexibility index (Phi) is 4.80. The van der Waals surface area contributed by atoms with Crippen LogP contribution in [0.15, 0.2) is 24.3 Å². The highest BCUT2D eigenvalue weighted by Crippen LogP contribution is 2.26. The molecule has 1 aromatic rings. The van der Waals surface area contributed by atoms with Gasteiger partial charge in [-0.15, -0.1) is 0 Å². The number of likely N-dealkylation sites (tertiary alicyclic amines) is 1. The van der Waals surface area contributed by atoms with Gasteiger partial charge in [0.1, 0.15) is 5.75 Å². The standard InChI is InChI=1S/C15H25N3O/c1-17(2)13-8-9-18(11-13)15(10-16)12-4-6-14(19-3)7-5-12/h4-7,13,15H,8-11,16H2,1-3H3. The molecule has 0 aliphatic carbocycles. The minimum absolute atomic E-state index is 0.316. The largest absolute Gasteiger partial charge is 0.497 e. The molecule has 1 aliphatic rings. The van der Waals surface area contributed by atoms with Gasteiger partial charge in [-0.1, -0.05) is 12.1 Å². The fraction of sp³-hybridized carbons (Fsp3) is 0.600. The van der Waals surface area contributed by atoms with Crippen LogP contribution in [0, 0.1) is 0 Å². The molecular formula is C15H25N3O. The fourth-order valence-electron chi connectivity index (χ4n) is 2.79. The van der Waals surface area contributed by atoms with Crippen molar-refractivity contribution in [2.75, 3.05) is 40.8 Å². The van der Waals surface area contributed by atoms with Crippen LogP contribution in [0.25, 0.3) is 0 Å². The van der Waals surface area contributed by atoms with Crippen molar-refractivity contribution >= 4 is 0 Å². The fourth-order valence-corrected chi connectivity index (χ4v) is 2.79. The first-order valence-corrected chi connectivity index (χ1v) is 6.90. The molecule has 1 aliphatic heterocycles. The molecule has 4 heteroatoms. The number of hydrogen-bond acceptors (Lipinski definition) is 4. The van der Waals surface area contributed by atoms with Crippen molar-refractivity contribution in [1.29, 1.82) is 0 Å². The monoisotopic (exact) mass is 263 g/mol. The van der Waals surface area contributed by atoms with E-state index in [0.717, 1.165) is 18.8 Å². The van der Waals surface area contributed by atoms with Gasteiger partial charge in [0.2, 0.25) is 0 Å². The molecule has 0 bridgehead atoms. The van der Waals surface area contributed by atoms with E-state index in [1.807, 2.05) is 12.1 Å². The van der Waals surface area contributed by atoms with Crippen LogP contribution in [-0.2, 0) is 0 Å². The minimum atomic E-state index is 0.316. The van der Waals surface area contributed by atoms with Gasteiger partial charge in [0.25, 0.3) is 0 Å². The smallest absolute Gasteiger partial charge is 0.118 e. The molecule has 2 N–H and O–H groups in total. The molecule has 106 valence electrons. The maximum absolute atomic E-state index is 5.99. The highest BCUT2D eigenvalue weighted by atomic mass is 16.5. The number of nitrogens with two attached hydrogens (primary N) is 1. The van der Waals surface area contributed by atoms with E-state index in [0.29, 0.717) is 18.6 Å². The van der Waals surface area contributed by atoms with Crippen molar-refractivity contribution in [3.8, 4) is 5.75 Å². The summed E-state index contributed by atoms with van der Waals surface area (Å²) in [6.07, 6.45) is 1.22. The van der Waals surface area contributed by atoms with E-state index in [4.69, 9.17) is 10.5 Å². The quantitative estimate of drug-likeness (QED) is 0.870. The normalized spacial score (nSPS) is 21.8. The van der Waals surface area contributed by atoms with Crippen LogP contribution in [0.4, 0.5) is 0 Å². The van der Waals surface area contributed by atoms with E-state index in [-0.39, 0.29) is 0 Å². The summed E-state index contributed by atoms with van der Waals surface area (Å²) in [4.78, 5) is 4.80. The number of methoxy groups -OCH3 is 1. The highest BCUT2D eigenvalue weighted by molar-refractivity contribution is 5.29. The molecule has 2 rings (SSSR count). The lowest BCUT2D eigenvalue weighted by molar-refractivity contribution is 0.220. The molecule has 0 saturated carbocycles. The zero-order valence-electron chi connectivity index (χ0n) is 12.2. The van der Waals surface area contributed by atoms with Crippen LogP contribution in [0.1, 0.15) is 18.0 Å². The number of benzene rings is 1. The van der Waals surface area contributed by atoms with E-state index in [1.165, 1.54) is 12.0 Å². The molecule has 1 saturated heterocycles. The predicted molar refractivity (Wildman–Crippen MR) is 78.5 cm³/mol. The maximum atomic E-state index is 5.99. The number of ether oxygens (including phenoxy) is 1. The molecule has 1 aromatic carbocycles. The molecule has 4 nitrogen and oxygen atoms in total. The second-order valence-electron chi connectivity index (χ2n) is 5.43. The Labute approximate surface area is 116 Å². The number of rotatable bonds is 5. The summed E-state index contributed by atoms with van der Waals surface area (Å²) in [7, 11) is 6.00. The van der Waals surface area contributed by atoms with Gasteiger partial charge in [0, 0.05) is 31.7 Å². The van der Waals surface area contributed by atoms with Crippen LogP contribution < -0.4 is 10.5 Å². The van der Waals surface area contributed by atoms with Crippen LogP contribution >= 0.6 is 0 Å². The van der Waals surface area contributed by atoms with Gasteiger partial charge in [0.15, 0.2) is 0 Å². The van der Waals surface area contributed by atoms with E-state index in [2.05, 4.69) is 36.0 Å². The lowest BCUT2D eigenvalue weighted by atomic mass is 10.1. The average molecular weight is 263 g/mol. The summed E-state index contributed by atoms with van der Waals surface area (Å²) < 4.78 is 5.21.